The van der Waals surface area contributed by atoms with E-state index in [4.69, 9.17) is 5.73 Å². The fourth-order valence-corrected chi connectivity index (χ4v) is 1.92. The number of nitrogens with two attached hydrogens (primary N) is 1. The van der Waals surface area contributed by atoms with Crippen LogP contribution in [0, 0.1) is 6.92 Å². The number of hydrogen-bond acceptors (Lipinski definition) is 4. The van der Waals surface area contributed by atoms with Crippen LogP contribution in [0.5, 0.6) is 0 Å². The summed E-state index contributed by atoms with van der Waals surface area (Å²) in [6, 6.07) is 1.48. The van der Waals surface area contributed by atoms with Gasteiger partial charge in [-0.1, -0.05) is 0 Å². The number of fused-ring (bicyclic) bond motifs is 1. The highest BCUT2D eigenvalue weighted by atomic mass is 16.1. The topological polar surface area (TPSA) is 89.1 Å². The van der Waals surface area contributed by atoms with E-state index < -0.39 is 0 Å². The second kappa shape index (κ2) is 2.91. The summed E-state index contributed by atoms with van der Waals surface area (Å²) in [5.74, 6) is 1.21. The molecule has 3 rings (SSSR count). The second-order valence-corrected chi connectivity index (χ2v) is 4.43. The first-order valence-corrected chi connectivity index (χ1v) is 5.32. The highest BCUT2D eigenvalue weighted by molar-refractivity contribution is 5.32. The molecule has 2 aromatic heterocycles. The van der Waals surface area contributed by atoms with Crippen LogP contribution in [-0.4, -0.2) is 26.1 Å². The zero-order chi connectivity index (χ0) is 11.3. The molecule has 1 aliphatic rings. The van der Waals surface area contributed by atoms with Gasteiger partial charge >= 0.3 is 0 Å². The zero-order valence-corrected chi connectivity index (χ0v) is 9.03. The van der Waals surface area contributed by atoms with Crippen molar-refractivity contribution in [2.45, 2.75) is 25.2 Å². The highest BCUT2D eigenvalue weighted by Crippen LogP contribution is 2.45. The summed E-state index contributed by atoms with van der Waals surface area (Å²) in [7, 11) is 0. The molecule has 0 unspecified atom stereocenters. The lowest BCUT2D eigenvalue weighted by Crippen LogP contribution is -2.22. The molecule has 0 bridgehead atoms. The SMILES string of the molecule is Cc1cc(=O)n2[nH]c(C3(CN)CC3)nc2n1. The van der Waals surface area contributed by atoms with Gasteiger partial charge in [0.1, 0.15) is 5.82 Å². The molecule has 6 heteroatoms. The third kappa shape index (κ3) is 1.19. The molecule has 84 valence electrons. The van der Waals surface area contributed by atoms with Crippen LogP contribution in [0.3, 0.4) is 0 Å². The smallest absolute Gasteiger partial charge is 0.274 e. The Balaban J connectivity index is 2.24. The van der Waals surface area contributed by atoms with Crippen LogP contribution >= 0.6 is 0 Å². The molecule has 0 aromatic carbocycles. The Morgan fingerprint density at radius 2 is 2.31 bits per heavy atom. The average molecular weight is 219 g/mol. The maximum absolute atomic E-state index is 11.7. The van der Waals surface area contributed by atoms with E-state index in [0.29, 0.717) is 18.0 Å². The van der Waals surface area contributed by atoms with Crippen molar-refractivity contribution in [1.29, 1.82) is 0 Å². The Hall–Kier alpha value is -1.69. The average Bonchev–Trinajstić information content (AvgIpc) is 2.93. The number of aromatic nitrogens is 4. The summed E-state index contributed by atoms with van der Waals surface area (Å²) in [5, 5.41) is 3.00. The van der Waals surface area contributed by atoms with Crippen LogP contribution in [-0.2, 0) is 5.41 Å². The fourth-order valence-electron chi connectivity index (χ4n) is 1.92. The van der Waals surface area contributed by atoms with Crippen LogP contribution < -0.4 is 11.3 Å². The molecular formula is C10H13N5O. The Bertz CT molecular complexity index is 607. The Morgan fingerprint density at radius 3 is 2.94 bits per heavy atom. The lowest BCUT2D eigenvalue weighted by molar-refractivity contribution is 0.645. The quantitative estimate of drug-likeness (QED) is 0.726. The molecule has 1 aliphatic carbocycles. The van der Waals surface area contributed by atoms with E-state index in [9.17, 15) is 4.79 Å². The van der Waals surface area contributed by atoms with Gasteiger partial charge in [0.05, 0.1) is 0 Å². The van der Waals surface area contributed by atoms with Crippen LogP contribution in [0.2, 0.25) is 0 Å². The van der Waals surface area contributed by atoms with Crippen molar-refractivity contribution in [3.8, 4) is 0 Å². The molecule has 1 saturated carbocycles. The summed E-state index contributed by atoms with van der Waals surface area (Å²) >= 11 is 0. The molecule has 3 N–H and O–H groups in total. The summed E-state index contributed by atoms with van der Waals surface area (Å²) < 4.78 is 1.37. The molecule has 16 heavy (non-hydrogen) atoms. The maximum atomic E-state index is 11.7. The van der Waals surface area contributed by atoms with Gasteiger partial charge in [-0.15, -0.1) is 0 Å². The van der Waals surface area contributed by atoms with Crippen molar-refractivity contribution in [2.75, 3.05) is 6.54 Å². The molecule has 6 nitrogen and oxygen atoms in total. The van der Waals surface area contributed by atoms with Crippen LogP contribution in [0.15, 0.2) is 10.9 Å². The first kappa shape index (κ1) is 9.53. The van der Waals surface area contributed by atoms with Gasteiger partial charge in [-0.05, 0) is 19.8 Å². The summed E-state index contributed by atoms with van der Waals surface area (Å²) in [6.07, 6.45) is 2.05. The van der Waals surface area contributed by atoms with Crippen LogP contribution in [0.25, 0.3) is 5.78 Å². The lowest BCUT2D eigenvalue weighted by Gasteiger charge is -2.05. The minimum absolute atomic E-state index is 0.0476. The van der Waals surface area contributed by atoms with Gasteiger partial charge in [-0.3, -0.25) is 9.89 Å². The number of aryl methyl sites for hydroxylation is 1. The molecule has 0 amide bonds. The summed E-state index contributed by atoms with van der Waals surface area (Å²) in [4.78, 5) is 20.2. The van der Waals surface area contributed by atoms with E-state index in [0.717, 1.165) is 18.7 Å². The number of nitrogens with one attached hydrogen (secondary N) is 1. The van der Waals surface area contributed by atoms with Gasteiger partial charge in [0, 0.05) is 23.7 Å². The molecule has 0 radical (unpaired) electrons. The van der Waals surface area contributed by atoms with E-state index in [2.05, 4.69) is 15.1 Å². The standard InChI is InChI=1S/C10H13N5O/c1-6-4-7(16)15-9(12-6)13-8(14-15)10(5-11)2-3-10/h4H,2-3,5,11H2,1H3,(H,12,13,14). The Morgan fingerprint density at radius 1 is 1.56 bits per heavy atom. The maximum Gasteiger partial charge on any atom is 0.274 e. The van der Waals surface area contributed by atoms with Gasteiger partial charge in [0.25, 0.3) is 11.3 Å². The number of hydrogen-bond donors (Lipinski definition) is 2. The van der Waals surface area contributed by atoms with Crippen molar-refractivity contribution < 1.29 is 0 Å². The van der Waals surface area contributed by atoms with E-state index in [1.807, 2.05) is 0 Å². The van der Waals surface area contributed by atoms with Crippen molar-refractivity contribution in [1.82, 2.24) is 19.6 Å². The predicted octanol–water partition coefficient (Wildman–Crippen LogP) is -0.284. The zero-order valence-electron chi connectivity index (χ0n) is 9.03. The molecule has 0 aliphatic heterocycles. The molecular weight excluding hydrogens is 206 g/mol. The van der Waals surface area contributed by atoms with Crippen molar-refractivity contribution in [3.05, 3.63) is 27.9 Å². The van der Waals surface area contributed by atoms with Crippen molar-refractivity contribution in [3.63, 3.8) is 0 Å². The number of nitrogens with zero attached hydrogens (tertiary/aromatic N) is 3. The van der Waals surface area contributed by atoms with Gasteiger partial charge in [-0.25, -0.2) is 4.98 Å². The third-order valence-electron chi connectivity index (χ3n) is 3.21. The van der Waals surface area contributed by atoms with Gasteiger partial charge < -0.3 is 5.73 Å². The summed E-state index contributed by atoms with van der Waals surface area (Å²) in [5.41, 5.74) is 6.23. The molecule has 0 atom stereocenters. The van der Waals surface area contributed by atoms with E-state index in [1.54, 1.807) is 6.92 Å². The van der Waals surface area contributed by atoms with Crippen LogP contribution in [0.1, 0.15) is 24.4 Å². The molecule has 2 aromatic rings. The third-order valence-corrected chi connectivity index (χ3v) is 3.21. The fraction of sp³-hybridized carbons (Fsp3) is 0.500. The first-order valence-electron chi connectivity index (χ1n) is 5.32. The number of rotatable bonds is 2. The normalized spacial score (nSPS) is 17.9. The Labute approximate surface area is 91.5 Å². The number of aromatic amines is 1. The van der Waals surface area contributed by atoms with Crippen molar-refractivity contribution in [2.24, 2.45) is 5.73 Å². The van der Waals surface area contributed by atoms with Crippen molar-refractivity contribution >= 4 is 5.78 Å². The monoisotopic (exact) mass is 219 g/mol. The minimum Gasteiger partial charge on any atom is -0.329 e. The van der Waals surface area contributed by atoms with E-state index in [-0.39, 0.29) is 11.0 Å². The van der Waals surface area contributed by atoms with E-state index in [1.165, 1.54) is 10.6 Å². The minimum atomic E-state index is -0.130. The molecule has 0 spiro atoms. The van der Waals surface area contributed by atoms with Gasteiger partial charge in [0.2, 0.25) is 0 Å². The molecule has 2 heterocycles. The number of H-pyrrole nitrogens is 1. The lowest BCUT2D eigenvalue weighted by atomic mass is 10.1. The summed E-state index contributed by atoms with van der Waals surface area (Å²) in [6.45, 7) is 2.34. The second-order valence-electron chi connectivity index (χ2n) is 4.43. The van der Waals surface area contributed by atoms with Gasteiger partial charge in [0.15, 0.2) is 0 Å². The first-order chi connectivity index (χ1) is 7.64. The highest BCUT2D eigenvalue weighted by Gasteiger charge is 2.46. The largest absolute Gasteiger partial charge is 0.329 e. The predicted molar refractivity (Wildman–Crippen MR) is 58.3 cm³/mol. The molecule has 1 fully saturated rings. The Kier molecular flexibility index (Phi) is 1.74. The van der Waals surface area contributed by atoms with Crippen LogP contribution in [0.4, 0.5) is 0 Å². The van der Waals surface area contributed by atoms with E-state index >= 15 is 0 Å². The van der Waals surface area contributed by atoms with Gasteiger partial charge in [-0.2, -0.15) is 9.50 Å². The molecule has 0 saturated heterocycles.